The van der Waals surface area contributed by atoms with Crippen molar-refractivity contribution in [2.45, 2.75) is 25.7 Å². The Balaban J connectivity index is 1.73. The van der Waals surface area contributed by atoms with E-state index in [1.165, 1.54) is 24.4 Å². The second-order valence-corrected chi connectivity index (χ2v) is 8.76. The number of hydrazone groups is 1. The van der Waals surface area contributed by atoms with Gasteiger partial charge >= 0.3 is 10.1 Å². The molecule has 0 aliphatic heterocycles. The number of nitrogens with one attached hydrogen (secondary N) is 1. The molecule has 9 nitrogen and oxygen atoms in total. The molecule has 0 spiro atoms. The number of ether oxygens (including phenoxy) is 3. The third-order valence-electron chi connectivity index (χ3n) is 4.68. The summed E-state index contributed by atoms with van der Waals surface area (Å²) in [7, 11) is -4.03. The van der Waals surface area contributed by atoms with Gasteiger partial charge in [-0.2, -0.15) is 13.5 Å². The quantitative estimate of drug-likeness (QED) is 0.217. The van der Waals surface area contributed by atoms with Gasteiger partial charge in [0.2, 0.25) is 0 Å². The van der Waals surface area contributed by atoms with E-state index in [-0.39, 0.29) is 16.4 Å². The van der Waals surface area contributed by atoms with Gasteiger partial charge in [0.1, 0.15) is 4.90 Å². The lowest BCUT2D eigenvalue weighted by Crippen LogP contribution is -2.17. The Labute approximate surface area is 210 Å². The lowest BCUT2D eigenvalue weighted by Gasteiger charge is -2.12. The fraction of sp³-hybridized carbons (Fsp3) is 0.231. The van der Waals surface area contributed by atoms with Crippen LogP contribution in [0, 0.1) is 0 Å². The van der Waals surface area contributed by atoms with Crippen LogP contribution in [0.4, 0.5) is 0 Å². The summed E-state index contributed by atoms with van der Waals surface area (Å²) in [6.07, 6.45) is 1.41. The van der Waals surface area contributed by atoms with Gasteiger partial charge in [-0.05, 0) is 74.9 Å². The van der Waals surface area contributed by atoms with Crippen LogP contribution >= 0.6 is 0 Å². The molecule has 3 aromatic carbocycles. The highest BCUT2D eigenvalue weighted by molar-refractivity contribution is 7.87. The number of hydrogen-bond acceptors (Lipinski definition) is 8. The van der Waals surface area contributed by atoms with Gasteiger partial charge in [-0.25, -0.2) is 5.43 Å². The van der Waals surface area contributed by atoms with Gasteiger partial charge in [0.25, 0.3) is 5.91 Å². The molecular weight excluding hydrogens is 484 g/mol. The highest BCUT2D eigenvalue weighted by atomic mass is 32.2. The number of benzene rings is 3. The second kappa shape index (κ2) is 12.6. The number of carbonyl (C=O) groups is 1. The van der Waals surface area contributed by atoms with Crippen LogP contribution in [-0.4, -0.2) is 40.4 Å². The number of nitrogens with zero attached hydrogens (tertiary/aromatic N) is 1. The monoisotopic (exact) mass is 512 g/mol. The van der Waals surface area contributed by atoms with Crippen molar-refractivity contribution >= 4 is 22.2 Å². The van der Waals surface area contributed by atoms with E-state index in [1.807, 2.05) is 13.8 Å². The smallest absolute Gasteiger partial charge is 0.339 e. The summed E-state index contributed by atoms with van der Waals surface area (Å²) in [6.45, 7) is 6.67. The number of hydrogen-bond donors (Lipinski definition) is 1. The first-order chi connectivity index (χ1) is 17.4. The average Bonchev–Trinajstić information content (AvgIpc) is 2.87. The summed E-state index contributed by atoms with van der Waals surface area (Å²) in [5.41, 5.74) is 3.37. The SMILES string of the molecule is CCOc1ccc(C(=O)N/N=C/c2ccc(OS(=O)(=O)c3ccccc3)c(OCC)c2)cc1OCC. The molecule has 0 heterocycles. The van der Waals surface area contributed by atoms with Crippen molar-refractivity contribution in [2.75, 3.05) is 19.8 Å². The predicted molar refractivity (Wildman–Crippen MR) is 136 cm³/mol. The van der Waals surface area contributed by atoms with Gasteiger partial charge in [0, 0.05) is 5.56 Å². The van der Waals surface area contributed by atoms with Gasteiger partial charge in [-0.15, -0.1) is 0 Å². The molecule has 0 saturated carbocycles. The van der Waals surface area contributed by atoms with Gasteiger partial charge in [0.05, 0.1) is 26.0 Å². The lowest BCUT2D eigenvalue weighted by molar-refractivity contribution is 0.0954. The van der Waals surface area contributed by atoms with Gasteiger partial charge in [-0.3, -0.25) is 4.79 Å². The molecule has 0 aliphatic rings. The number of amides is 1. The lowest BCUT2D eigenvalue weighted by atomic mass is 10.2. The molecule has 10 heteroatoms. The fourth-order valence-electron chi connectivity index (χ4n) is 3.12. The molecule has 0 saturated heterocycles. The minimum Gasteiger partial charge on any atom is -0.490 e. The molecule has 0 bridgehead atoms. The Bertz CT molecular complexity index is 1310. The van der Waals surface area contributed by atoms with E-state index in [0.717, 1.165) is 0 Å². The minimum atomic E-state index is -4.03. The molecule has 190 valence electrons. The van der Waals surface area contributed by atoms with Crippen LogP contribution in [0.3, 0.4) is 0 Å². The third kappa shape index (κ3) is 6.98. The van der Waals surface area contributed by atoms with Gasteiger partial charge in [-0.1, -0.05) is 18.2 Å². The first kappa shape index (κ1) is 26.6. The normalized spacial score (nSPS) is 11.2. The fourth-order valence-corrected chi connectivity index (χ4v) is 4.08. The van der Waals surface area contributed by atoms with Crippen molar-refractivity contribution < 1.29 is 31.6 Å². The second-order valence-electron chi connectivity index (χ2n) is 7.22. The van der Waals surface area contributed by atoms with Crippen LogP contribution in [0.25, 0.3) is 0 Å². The van der Waals surface area contributed by atoms with Crippen LogP contribution in [0.5, 0.6) is 23.0 Å². The van der Waals surface area contributed by atoms with Crippen molar-refractivity contribution in [1.29, 1.82) is 0 Å². The molecule has 36 heavy (non-hydrogen) atoms. The Morgan fingerprint density at radius 2 is 1.42 bits per heavy atom. The molecule has 1 N–H and O–H groups in total. The summed E-state index contributed by atoms with van der Waals surface area (Å²) in [4.78, 5) is 12.6. The largest absolute Gasteiger partial charge is 0.490 e. The van der Waals surface area contributed by atoms with Gasteiger partial charge in [0.15, 0.2) is 23.0 Å². The molecule has 1 amide bonds. The maximum atomic E-state index is 12.6. The van der Waals surface area contributed by atoms with Crippen LogP contribution < -0.4 is 23.8 Å². The van der Waals surface area contributed by atoms with Crippen molar-refractivity contribution in [1.82, 2.24) is 5.43 Å². The van der Waals surface area contributed by atoms with Crippen LogP contribution in [0.2, 0.25) is 0 Å². The predicted octanol–water partition coefficient (Wildman–Crippen LogP) is 4.41. The molecule has 0 aromatic heterocycles. The van der Waals surface area contributed by atoms with Crippen molar-refractivity contribution in [2.24, 2.45) is 5.10 Å². The summed E-state index contributed by atoms with van der Waals surface area (Å²) >= 11 is 0. The summed E-state index contributed by atoms with van der Waals surface area (Å²) in [5.74, 6) is 0.854. The maximum absolute atomic E-state index is 12.6. The summed E-state index contributed by atoms with van der Waals surface area (Å²) < 4.78 is 47.1. The van der Waals surface area contributed by atoms with Crippen LogP contribution in [-0.2, 0) is 10.1 Å². The van der Waals surface area contributed by atoms with Crippen molar-refractivity contribution in [3.8, 4) is 23.0 Å². The highest BCUT2D eigenvalue weighted by Gasteiger charge is 2.19. The maximum Gasteiger partial charge on any atom is 0.339 e. The Morgan fingerprint density at radius 3 is 2.08 bits per heavy atom. The topological polar surface area (TPSA) is 113 Å². The molecule has 3 rings (SSSR count). The summed E-state index contributed by atoms with van der Waals surface area (Å²) in [6, 6.07) is 17.3. The first-order valence-corrected chi connectivity index (χ1v) is 12.8. The van der Waals surface area contributed by atoms with E-state index in [2.05, 4.69) is 10.5 Å². The van der Waals surface area contributed by atoms with E-state index >= 15 is 0 Å². The first-order valence-electron chi connectivity index (χ1n) is 11.4. The zero-order valence-electron chi connectivity index (χ0n) is 20.3. The zero-order valence-corrected chi connectivity index (χ0v) is 21.1. The van der Waals surface area contributed by atoms with Crippen molar-refractivity contribution in [3.63, 3.8) is 0 Å². The Morgan fingerprint density at radius 1 is 0.806 bits per heavy atom. The zero-order chi connectivity index (χ0) is 26.0. The molecule has 0 unspecified atom stereocenters. The molecule has 0 aliphatic carbocycles. The number of rotatable bonds is 12. The Hall–Kier alpha value is -4.05. The van der Waals surface area contributed by atoms with Crippen molar-refractivity contribution in [3.05, 3.63) is 77.9 Å². The molecule has 0 fully saturated rings. The molecular formula is C26H28N2O7S. The van der Waals surface area contributed by atoms with Crippen LogP contribution in [0.1, 0.15) is 36.7 Å². The molecule has 0 radical (unpaired) electrons. The molecule has 0 atom stereocenters. The summed E-state index contributed by atoms with van der Waals surface area (Å²) in [5, 5.41) is 3.99. The van der Waals surface area contributed by atoms with E-state index in [4.69, 9.17) is 18.4 Å². The standard InChI is InChI=1S/C26H28N2O7S/c1-4-32-22-15-13-20(17-25(22)34-6-3)26(29)28-27-18-19-12-14-23(24(16-19)33-5-2)35-36(30,31)21-10-8-7-9-11-21/h7-18H,4-6H2,1-3H3,(H,28,29)/b27-18+. The highest BCUT2D eigenvalue weighted by Crippen LogP contribution is 2.31. The third-order valence-corrected chi connectivity index (χ3v) is 5.93. The van der Waals surface area contributed by atoms with Crippen LogP contribution in [0.15, 0.2) is 76.7 Å². The average molecular weight is 513 g/mol. The van der Waals surface area contributed by atoms with E-state index in [9.17, 15) is 13.2 Å². The minimum absolute atomic E-state index is 0.0302. The molecule has 3 aromatic rings. The van der Waals surface area contributed by atoms with Gasteiger partial charge < -0.3 is 18.4 Å². The number of carbonyl (C=O) groups excluding carboxylic acids is 1. The van der Waals surface area contributed by atoms with E-state index < -0.39 is 16.0 Å². The van der Waals surface area contributed by atoms with E-state index in [1.54, 1.807) is 55.5 Å². The Kier molecular flexibility index (Phi) is 9.29. The van der Waals surface area contributed by atoms with E-state index in [0.29, 0.717) is 42.4 Å².